The van der Waals surface area contributed by atoms with Crippen molar-refractivity contribution >= 4 is 23.3 Å². The number of hydrogen-bond acceptors (Lipinski definition) is 3. The number of likely N-dealkylation sites (tertiary alicyclic amines) is 1. The van der Waals surface area contributed by atoms with E-state index in [1.54, 1.807) is 0 Å². The van der Waals surface area contributed by atoms with Crippen LogP contribution in [0.1, 0.15) is 18.4 Å². The Labute approximate surface area is 132 Å². The molecule has 1 unspecified atom stereocenters. The molecule has 0 aliphatic carbocycles. The zero-order valence-electron chi connectivity index (χ0n) is 12.2. The first-order valence-electron chi connectivity index (χ1n) is 7.60. The van der Waals surface area contributed by atoms with E-state index < -0.39 is 0 Å². The molecule has 1 aromatic heterocycles. The van der Waals surface area contributed by atoms with Crippen molar-refractivity contribution in [1.29, 1.82) is 0 Å². The van der Waals surface area contributed by atoms with Crippen LogP contribution in [-0.4, -0.2) is 36.1 Å². The normalized spacial score (nSPS) is 25.5. The second-order valence-corrected chi connectivity index (χ2v) is 6.38. The molecular formula is C17H22ClN3. The lowest BCUT2D eigenvalue weighted by Crippen LogP contribution is -2.29. The van der Waals surface area contributed by atoms with Gasteiger partial charge >= 0.3 is 0 Å². The predicted molar refractivity (Wildman–Crippen MR) is 88.8 cm³/mol. The first-order chi connectivity index (χ1) is 9.85. The van der Waals surface area contributed by atoms with Crippen LogP contribution < -0.4 is 5.32 Å². The van der Waals surface area contributed by atoms with Crippen molar-refractivity contribution < 1.29 is 0 Å². The molecule has 4 heteroatoms. The molecule has 1 spiro atoms. The van der Waals surface area contributed by atoms with E-state index in [1.807, 2.05) is 12.3 Å². The Hall–Kier alpha value is -1.16. The topological polar surface area (TPSA) is 28.2 Å². The van der Waals surface area contributed by atoms with Crippen LogP contribution in [-0.2, 0) is 6.54 Å². The Balaban J connectivity index is 0.00000132. The van der Waals surface area contributed by atoms with Crippen LogP contribution in [0.4, 0.5) is 0 Å². The molecule has 3 heterocycles. The van der Waals surface area contributed by atoms with Crippen LogP contribution in [0.15, 0.2) is 36.5 Å². The number of halogens is 1. The summed E-state index contributed by atoms with van der Waals surface area (Å²) in [7, 11) is 0. The number of hydrogen-bond donors (Lipinski definition) is 1. The lowest BCUT2D eigenvalue weighted by Gasteiger charge is -2.23. The third-order valence-corrected chi connectivity index (χ3v) is 4.96. The van der Waals surface area contributed by atoms with Gasteiger partial charge in [0.25, 0.3) is 0 Å². The van der Waals surface area contributed by atoms with E-state index in [0.29, 0.717) is 5.41 Å². The minimum absolute atomic E-state index is 0. The summed E-state index contributed by atoms with van der Waals surface area (Å²) < 4.78 is 0. The molecule has 2 saturated heterocycles. The fraction of sp³-hybridized carbons (Fsp3) is 0.471. The third-order valence-electron chi connectivity index (χ3n) is 4.96. The number of rotatable bonds is 2. The number of aromatic nitrogens is 1. The number of fused-ring (bicyclic) bond motifs is 1. The summed E-state index contributed by atoms with van der Waals surface area (Å²) in [6.45, 7) is 5.91. The van der Waals surface area contributed by atoms with Crippen molar-refractivity contribution in [2.24, 2.45) is 5.41 Å². The number of nitrogens with one attached hydrogen (secondary N) is 1. The number of para-hydroxylation sites is 1. The molecule has 1 atom stereocenters. The standard InChI is InChI=1S/C17H21N3.ClH/c1-3-14-5-2-8-19-16(14)15(4-1)11-20-10-7-17(13-20)6-9-18-12-17;/h1-5,8,18H,6-7,9-13H2;1H. The SMILES string of the molecule is Cl.c1cnc2c(CN3CCC4(CCNC4)C3)cccc2c1. The van der Waals surface area contributed by atoms with Crippen LogP contribution in [0.25, 0.3) is 10.9 Å². The molecular weight excluding hydrogens is 282 g/mol. The molecule has 0 saturated carbocycles. The minimum Gasteiger partial charge on any atom is -0.316 e. The summed E-state index contributed by atoms with van der Waals surface area (Å²) in [5.74, 6) is 0. The molecule has 112 valence electrons. The highest BCUT2D eigenvalue weighted by atomic mass is 35.5. The van der Waals surface area contributed by atoms with Gasteiger partial charge in [-0.25, -0.2) is 0 Å². The summed E-state index contributed by atoms with van der Waals surface area (Å²) in [5, 5.41) is 4.78. The monoisotopic (exact) mass is 303 g/mol. The summed E-state index contributed by atoms with van der Waals surface area (Å²) in [6.07, 6.45) is 4.59. The molecule has 0 amide bonds. The zero-order valence-corrected chi connectivity index (χ0v) is 13.0. The van der Waals surface area contributed by atoms with E-state index >= 15 is 0 Å². The van der Waals surface area contributed by atoms with E-state index in [1.165, 1.54) is 55.5 Å². The fourth-order valence-electron chi connectivity index (χ4n) is 3.84. The van der Waals surface area contributed by atoms with Crippen molar-refractivity contribution in [1.82, 2.24) is 15.2 Å². The fourth-order valence-corrected chi connectivity index (χ4v) is 3.84. The highest BCUT2D eigenvalue weighted by Gasteiger charge is 2.40. The number of nitrogens with zero attached hydrogens (tertiary/aromatic N) is 2. The van der Waals surface area contributed by atoms with E-state index in [9.17, 15) is 0 Å². The molecule has 3 nitrogen and oxygen atoms in total. The average molecular weight is 304 g/mol. The quantitative estimate of drug-likeness (QED) is 0.925. The van der Waals surface area contributed by atoms with Gasteiger partial charge in [0.15, 0.2) is 0 Å². The van der Waals surface area contributed by atoms with E-state index in [0.717, 1.165) is 6.54 Å². The van der Waals surface area contributed by atoms with Crippen LogP contribution in [0.5, 0.6) is 0 Å². The van der Waals surface area contributed by atoms with Gasteiger partial charge in [0.05, 0.1) is 5.52 Å². The second kappa shape index (κ2) is 5.91. The molecule has 4 rings (SSSR count). The molecule has 2 aromatic rings. The summed E-state index contributed by atoms with van der Waals surface area (Å²) in [6, 6.07) is 10.7. The van der Waals surface area contributed by atoms with Crippen molar-refractivity contribution in [3.8, 4) is 0 Å². The van der Waals surface area contributed by atoms with E-state index in [-0.39, 0.29) is 12.4 Å². The predicted octanol–water partition coefficient (Wildman–Crippen LogP) is 2.84. The van der Waals surface area contributed by atoms with Gasteiger partial charge in [-0.05, 0) is 43.0 Å². The molecule has 0 bridgehead atoms. The van der Waals surface area contributed by atoms with Gasteiger partial charge in [-0.1, -0.05) is 24.3 Å². The van der Waals surface area contributed by atoms with Crippen LogP contribution in [0.3, 0.4) is 0 Å². The van der Waals surface area contributed by atoms with Crippen LogP contribution >= 0.6 is 12.4 Å². The molecule has 21 heavy (non-hydrogen) atoms. The summed E-state index contributed by atoms with van der Waals surface area (Å²) >= 11 is 0. The second-order valence-electron chi connectivity index (χ2n) is 6.38. The highest BCUT2D eigenvalue weighted by molar-refractivity contribution is 5.85. The van der Waals surface area contributed by atoms with Crippen molar-refractivity contribution in [2.45, 2.75) is 19.4 Å². The highest BCUT2D eigenvalue weighted by Crippen LogP contribution is 2.36. The van der Waals surface area contributed by atoms with Gasteiger partial charge in [-0.2, -0.15) is 0 Å². The zero-order chi connectivity index (χ0) is 13.4. The smallest absolute Gasteiger partial charge is 0.0746 e. The Bertz CT molecular complexity index is 617. The molecule has 1 N–H and O–H groups in total. The minimum atomic E-state index is 0. The van der Waals surface area contributed by atoms with E-state index in [2.05, 4.69) is 39.5 Å². The van der Waals surface area contributed by atoms with E-state index in [4.69, 9.17) is 0 Å². The van der Waals surface area contributed by atoms with Gasteiger partial charge < -0.3 is 5.32 Å². The molecule has 0 radical (unpaired) electrons. The maximum absolute atomic E-state index is 4.57. The number of pyridine rings is 1. The Kier molecular flexibility index (Phi) is 4.16. The van der Waals surface area contributed by atoms with Crippen LogP contribution in [0.2, 0.25) is 0 Å². The Morgan fingerprint density at radius 3 is 2.95 bits per heavy atom. The van der Waals surface area contributed by atoms with Crippen molar-refractivity contribution in [3.63, 3.8) is 0 Å². The van der Waals surface area contributed by atoms with Crippen molar-refractivity contribution in [2.75, 3.05) is 26.2 Å². The molecule has 2 aliphatic heterocycles. The van der Waals surface area contributed by atoms with Gasteiger partial charge in [0, 0.05) is 31.2 Å². The Morgan fingerprint density at radius 1 is 1.19 bits per heavy atom. The van der Waals surface area contributed by atoms with Crippen LogP contribution in [0, 0.1) is 5.41 Å². The van der Waals surface area contributed by atoms with Gasteiger partial charge in [-0.3, -0.25) is 9.88 Å². The first-order valence-corrected chi connectivity index (χ1v) is 7.60. The lowest BCUT2D eigenvalue weighted by atomic mass is 9.86. The summed E-state index contributed by atoms with van der Waals surface area (Å²) in [4.78, 5) is 7.18. The molecule has 2 aliphatic rings. The lowest BCUT2D eigenvalue weighted by molar-refractivity contribution is 0.269. The average Bonchev–Trinajstić information content (AvgIpc) is 3.10. The molecule has 2 fully saturated rings. The van der Waals surface area contributed by atoms with Gasteiger partial charge in [0.1, 0.15) is 0 Å². The van der Waals surface area contributed by atoms with Gasteiger partial charge in [0.2, 0.25) is 0 Å². The Morgan fingerprint density at radius 2 is 2.10 bits per heavy atom. The maximum Gasteiger partial charge on any atom is 0.0746 e. The van der Waals surface area contributed by atoms with Gasteiger partial charge in [-0.15, -0.1) is 12.4 Å². The largest absolute Gasteiger partial charge is 0.316 e. The third kappa shape index (κ3) is 2.78. The molecule has 1 aromatic carbocycles. The first kappa shape index (κ1) is 14.8. The number of benzene rings is 1. The van der Waals surface area contributed by atoms with Crippen molar-refractivity contribution in [3.05, 3.63) is 42.1 Å². The maximum atomic E-state index is 4.57. The summed E-state index contributed by atoms with van der Waals surface area (Å²) in [5.41, 5.74) is 3.09.